The molecule has 5 heteroatoms. The summed E-state index contributed by atoms with van der Waals surface area (Å²) < 4.78 is 13.0. The molecule has 5 nitrogen and oxygen atoms in total. The Balaban J connectivity index is 1.65. The van der Waals surface area contributed by atoms with Gasteiger partial charge in [0.15, 0.2) is 5.82 Å². The molecule has 0 N–H and O–H groups in total. The Bertz CT molecular complexity index is 550. The second-order valence-electron chi connectivity index (χ2n) is 5.05. The molecule has 0 radical (unpaired) electrons. The fourth-order valence-corrected chi connectivity index (χ4v) is 2.49. The Morgan fingerprint density at radius 1 is 1.28 bits per heavy atom. The molecule has 94 valence electrons. The third-order valence-corrected chi connectivity index (χ3v) is 3.67. The molecule has 18 heavy (non-hydrogen) atoms. The zero-order valence-corrected chi connectivity index (χ0v) is 10.1. The van der Waals surface area contributed by atoms with Gasteiger partial charge >= 0.3 is 0 Å². The van der Waals surface area contributed by atoms with Gasteiger partial charge in [0.05, 0.1) is 6.61 Å². The van der Waals surface area contributed by atoms with Crippen LogP contribution in [0.15, 0.2) is 22.9 Å². The van der Waals surface area contributed by atoms with Crippen molar-refractivity contribution in [2.24, 2.45) is 0 Å². The lowest BCUT2D eigenvalue weighted by atomic mass is 10.1. The van der Waals surface area contributed by atoms with Gasteiger partial charge in [0.25, 0.3) is 5.89 Å². The maximum Gasteiger partial charge on any atom is 0.274 e. The number of rotatable bonds is 3. The van der Waals surface area contributed by atoms with Crippen molar-refractivity contribution in [2.75, 3.05) is 13.2 Å². The predicted molar refractivity (Wildman–Crippen MR) is 64.2 cm³/mol. The van der Waals surface area contributed by atoms with E-state index in [0.717, 1.165) is 24.5 Å². The number of aromatic nitrogens is 3. The first-order chi connectivity index (χ1) is 8.92. The first-order valence-electron chi connectivity index (χ1n) is 6.50. The van der Waals surface area contributed by atoms with Crippen LogP contribution in [0, 0.1) is 0 Å². The molecule has 2 aliphatic rings. The lowest BCUT2D eigenvalue weighted by Crippen LogP contribution is -2.00. The molecule has 1 aliphatic carbocycles. The molecule has 1 saturated carbocycles. The highest BCUT2D eigenvalue weighted by Crippen LogP contribution is 2.38. The second-order valence-corrected chi connectivity index (χ2v) is 5.05. The largest absolute Gasteiger partial charge is 0.381 e. The zero-order chi connectivity index (χ0) is 11.9. The van der Waals surface area contributed by atoms with Crippen molar-refractivity contribution in [3.8, 4) is 11.6 Å². The smallest absolute Gasteiger partial charge is 0.274 e. The average Bonchev–Trinajstić information content (AvgIpc) is 2.91. The zero-order valence-electron chi connectivity index (χ0n) is 10.1. The Labute approximate surface area is 105 Å². The summed E-state index contributed by atoms with van der Waals surface area (Å²) in [6.07, 6.45) is 5.58. The SMILES string of the molecule is c1cc(-c2nc([C@@H]3CCOC3)no2)n(C2CC2)c1. The van der Waals surface area contributed by atoms with Crippen molar-refractivity contribution >= 4 is 0 Å². The second kappa shape index (κ2) is 3.95. The monoisotopic (exact) mass is 245 g/mol. The molecule has 0 amide bonds. The molecule has 1 saturated heterocycles. The number of nitrogens with zero attached hydrogens (tertiary/aromatic N) is 3. The van der Waals surface area contributed by atoms with E-state index in [1.54, 1.807) is 0 Å². The molecule has 0 spiro atoms. The Morgan fingerprint density at radius 2 is 2.22 bits per heavy atom. The predicted octanol–water partition coefficient (Wildman–Crippen LogP) is 2.38. The quantitative estimate of drug-likeness (QED) is 0.833. The van der Waals surface area contributed by atoms with Crippen LogP contribution < -0.4 is 0 Å². The van der Waals surface area contributed by atoms with Crippen LogP contribution in [0.5, 0.6) is 0 Å². The van der Waals surface area contributed by atoms with E-state index in [0.29, 0.717) is 24.5 Å². The molecule has 3 heterocycles. The Hall–Kier alpha value is -1.62. The summed E-state index contributed by atoms with van der Waals surface area (Å²) in [5.41, 5.74) is 1.04. The minimum atomic E-state index is 0.298. The minimum absolute atomic E-state index is 0.298. The van der Waals surface area contributed by atoms with Crippen LogP contribution in [0.1, 0.15) is 37.0 Å². The number of ether oxygens (including phenoxy) is 1. The van der Waals surface area contributed by atoms with E-state index in [-0.39, 0.29) is 0 Å². The molecule has 2 aromatic rings. The molecule has 4 rings (SSSR count). The summed E-state index contributed by atoms with van der Waals surface area (Å²) >= 11 is 0. The fraction of sp³-hybridized carbons (Fsp3) is 0.538. The van der Waals surface area contributed by atoms with E-state index in [9.17, 15) is 0 Å². The lowest BCUT2D eigenvalue weighted by Gasteiger charge is -2.02. The van der Waals surface area contributed by atoms with Gasteiger partial charge in [-0.15, -0.1) is 0 Å². The van der Waals surface area contributed by atoms with Crippen LogP contribution in [0.3, 0.4) is 0 Å². The fourth-order valence-electron chi connectivity index (χ4n) is 2.49. The summed E-state index contributed by atoms with van der Waals surface area (Å²) in [6, 6.07) is 4.71. The third-order valence-electron chi connectivity index (χ3n) is 3.67. The van der Waals surface area contributed by atoms with Gasteiger partial charge in [-0.1, -0.05) is 5.16 Å². The first kappa shape index (κ1) is 10.3. The summed E-state index contributed by atoms with van der Waals surface area (Å²) in [5.74, 6) is 1.71. The molecule has 2 fully saturated rings. The molecule has 0 bridgehead atoms. The normalized spacial score (nSPS) is 23.7. The van der Waals surface area contributed by atoms with E-state index >= 15 is 0 Å². The average molecular weight is 245 g/mol. The molecule has 0 unspecified atom stereocenters. The van der Waals surface area contributed by atoms with Crippen LogP contribution in [0.25, 0.3) is 11.6 Å². The van der Waals surface area contributed by atoms with Crippen LogP contribution in [0.2, 0.25) is 0 Å². The highest BCUT2D eigenvalue weighted by atomic mass is 16.5. The molecular weight excluding hydrogens is 230 g/mol. The summed E-state index contributed by atoms with van der Waals surface area (Å²) in [4.78, 5) is 4.53. The van der Waals surface area contributed by atoms with Crippen molar-refractivity contribution < 1.29 is 9.26 Å². The number of hydrogen-bond donors (Lipinski definition) is 0. The molecule has 1 aliphatic heterocycles. The van der Waals surface area contributed by atoms with E-state index in [2.05, 4.69) is 20.9 Å². The Kier molecular flexibility index (Phi) is 2.26. The summed E-state index contributed by atoms with van der Waals surface area (Å²) in [6.45, 7) is 1.51. The number of hydrogen-bond acceptors (Lipinski definition) is 4. The maximum absolute atomic E-state index is 5.40. The van der Waals surface area contributed by atoms with Crippen LogP contribution in [-0.4, -0.2) is 27.9 Å². The van der Waals surface area contributed by atoms with Gasteiger partial charge in [-0.25, -0.2) is 0 Å². The van der Waals surface area contributed by atoms with Crippen LogP contribution in [-0.2, 0) is 4.74 Å². The van der Waals surface area contributed by atoms with Gasteiger partial charge in [0.1, 0.15) is 5.69 Å². The van der Waals surface area contributed by atoms with E-state index in [1.165, 1.54) is 12.8 Å². The van der Waals surface area contributed by atoms with Crippen molar-refractivity contribution in [1.29, 1.82) is 0 Å². The molecule has 2 aromatic heterocycles. The van der Waals surface area contributed by atoms with Crippen LogP contribution >= 0.6 is 0 Å². The highest BCUT2D eigenvalue weighted by Gasteiger charge is 2.28. The summed E-state index contributed by atoms with van der Waals surface area (Å²) in [7, 11) is 0. The van der Waals surface area contributed by atoms with Crippen LogP contribution in [0.4, 0.5) is 0 Å². The summed E-state index contributed by atoms with van der Waals surface area (Å²) in [5, 5.41) is 4.10. The lowest BCUT2D eigenvalue weighted by molar-refractivity contribution is 0.192. The van der Waals surface area contributed by atoms with Crippen molar-refractivity contribution in [1.82, 2.24) is 14.7 Å². The standard InChI is InChI=1S/C13H15N3O2/c1-2-11(16(6-1)10-3-4-10)13-14-12(15-18-13)9-5-7-17-8-9/h1-2,6,9-10H,3-5,7-8H2/t9-/m1/s1. The van der Waals surface area contributed by atoms with Gasteiger partial charge in [-0.3, -0.25) is 0 Å². The van der Waals surface area contributed by atoms with E-state index in [1.807, 2.05) is 12.1 Å². The van der Waals surface area contributed by atoms with Crippen molar-refractivity contribution in [3.05, 3.63) is 24.2 Å². The topological polar surface area (TPSA) is 53.1 Å². The van der Waals surface area contributed by atoms with E-state index < -0.39 is 0 Å². The molecule has 1 atom stereocenters. The Morgan fingerprint density at radius 3 is 3.00 bits per heavy atom. The minimum Gasteiger partial charge on any atom is -0.381 e. The molecule has 0 aromatic carbocycles. The van der Waals surface area contributed by atoms with Gasteiger partial charge in [0.2, 0.25) is 0 Å². The van der Waals surface area contributed by atoms with E-state index in [4.69, 9.17) is 9.26 Å². The first-order valence-corrected chi connectivity index (χ1v) is 6.50. The maximum atomic E-state index is 5.40. The highest BCUT2D eigenvalue weighted by molar-refractivity contribution is 5.48. The van der Waals surface area contributed by atoms with Gasteiger partial charge < -0.3 is 13.8 Å². The van der Waals surface area contributed by atoms with Crippen molar-refractivity contribution in [3.63, 3.8) is 0 Å². The van der Waals surface area contributed by atoms with Crippen molar-refractivity contribution in [2.45, 2.75) is 31.2 Å². The molecular formula is C13H15N3O2. The third kappa shape index (κ3) is 1.66. The van der Waals surface area contributed by atoms with Gasteiger partial charge in [-0.05, 0) is 31.4 Å². The van der Waals surface area contributed by atoms with Gasteiger partial charge in [-0.2, -0.15) is 4.98 Å². The van der Waals surface area contributed by atoms with Gasteiger partial charge in [0, 0.05) is 24.8 Å².